The van der Waals surface area contributed by atoms with Crippen molar-refractivity contribution in [3.63, 3.8) is 0 Å². The lowest BCUT2D eigenvalue weighted by atomic mass is 10.0. The summed E-state index contributed by atoms with van der Waals surface area (Å²) in [6.07, 6.45) is 4.05. The third kappa shape index (κ3) is 3.93. The second-order valence-corrected chi connectivity index (χ2v) is 8.94. The number of allylic oxidation sites excluding steroid dienone is 1. The van der Waals surface area contributed by atoms with Crippen LogP contribution in [0.25, 0.3) is 22.0 Å². The lowest BCUT2D eigenvalue weighted by Crippen LogP contribution is -2.22. The minimum Gasteiger partial charge on any atom is -0.337 e. The molecule has 0 bridgehead atoms. The molecule has 2 aromatic heterocycles. The average Bonchev–Trinajstić information content (AvgIpc) is 2.92. The van der Waals surface area contributed by atoms with E-state index < -0.39 is 21.7 Å². The normalized spacial score (nSPS) is 12.9. The van der Waals surface area contributed by atoms with Gasteiger partial charge in [0, 0.05) is 60.8 Å². The van der Waals surface area contributed by atoms with Crippen LogP contribution in [0.4, 0.5) is 8.78 Å². The summed E-state index contributed by atoms with van der Waals surface area (Å²) >= 11 is 0. The molecule has 154 valence electrons. The third-order valence-corrected chi connectivity index (χ3v) is 6.49. The van der Waals surface area contributed by atoms with Gasteiger partial charge in [-0.3, -0.25) is 4.98 Å². The summed E-state index contributed by atoms with van der Waals surface area (Å²) in [4.78, 5) is 4.09. The number of nitrogens with two attached hydrogens (primary N) is 1. The molecule has 0 fully saturated rings. The molecule has 0 saturated heterocycles. The van der Waals surface area contributed by atoms with Crippen LogP contribution in [0.1, 0.15) is 5.69 Å². The zero-order valence-electron chi connectivity index (χ0n) is 16.4. The molecular weight excluding hydrogens is 398 g/mol. The van der Waals surface area contributed by atoms with Crippen LogP contribution >= 0.6 is 0 Å². The van der Waals surface area contributed by atoms with E-state index in [2.05, 4.69) is 4.98 Å². The maximum atomic E-state index is 14.2. The number of hydrogen-bond acceptors (Lipinski definition) is 4. The first-order valence-electron chi connectivity index (χ1n) is 8.87. The molecule has 0 atom stereocenters. The monoisotopic (exact) mass is 420 g/mol. The summed E-state index contributed by atoms with van der Waals surface area (Å²) in [6, 6.07) is 5.72. The van der Waals surface area contributed by atoms with Gasteiger partial charge in [-0.1, -0.05) is 0 Å². The van der Waals surface area contributed by atoms with E-state index >= 15 is 0 Å². The molecule has 2 N–H and O–H groups in total. The second-order valence-electron chi connectivity index (χ2n) is 6.79. The Morgan fingerprint density at radius 2 is 2.00 bits per heavy atom. The molecule has 2 heterocycles. The molecule has 0 amide bonds. The highest BCUT2D eigenvalue weighted by atomic mass is 32.2. The number of benzene rings is 1. The van der Waals surface area contributed by atoms with Gasteiger partial charge in [0.1, 0.15) is 16.5 Å². The number of pyridine rings is 1. The van der Waals surface area contributed by atoms with Crippen molar-refractivity contribution in [3.8, 4) is 11.1 Å². The molecule has 3 aromatic rings. The van der Waals surface area contributed by atoms with Crippen LogP contribution in [-0.2, 0) is 16.6 Å². The van der Waals surface area contributed by atoms with E-state index in [0.717, 1.165) is 4.31 Å². The lowest BCUT2D eigenvalue weighted by molar-refractivity contribution is 0.520. The Balaban J connectivity index is 2.27. The van der Waals surface area contributed by atoms with Gasteiger partial charge in [0.2, 0.25) is 10.0 Å². The van der Waals surface area contributed by atoms with Gasteiger partial charge >= 0.3 is 0 Å². The van der Waals surface area contributed by atoms with Gasteiger partial charge in [-0.25, -0.2) is 21.5 Å². The largest absolute Gasteiger partial charge is 0.337 e. The highest BCUT2D eigenvalue weighted by molar-refractivity contribution is 7.89. The van der Waals surface area contributed by atoms with Gasteiger partial charge < -0.3 is 10.3 Å². The Morgan fingerprint density at radius 3 is 2.66 bits per heavy atom. The van der Waals surface area contributed by atoms with Gasteiger partial charge in [0.25, 0.3) is 0 Å². The van der Waals surface area contributed by atoms with Crippen LogP contribution in [-0.4, -0.2) is 42.9 Å². The van der Waals surface area contributed by atoms with Gasteiger partial charge in [-0.05, 0) is 37.3 Å². The molecule has 0 aliphatic carbocycles. The summed E-state index contributed by atoms with van der Waals surface area (Å²) in [5.41, 5.74) is 7.78. The van der Waals surface area contributed by atoms with Crippen LogP contribution in [0.3, 0.4) is 0 Å². The molecular formula is C20H22F2N4O2S. The topological polar surface area (TPSA) is 81.2 Å². The molecule has 29 heavy (non-hydrogen) atoms. The quantitative estimate of drug-likeness (QED) is 0.664. The second kappa shape index (κ2) is 8.02. The molecule has 0 aliphatic rings. The number of halogens is 2. The highest BCUT2D eigenvalue weighted by Crippen LogP contribution is 2.36. The van der Waals surface area contributed by atoms with Crippen molar-refractivity contribution in [2.75, 3.05) is 20.6 Å². The zero-order valence-corrected chi connectivity index (χ0v) is 17.2. The first-order valence-corrected chi connectivity index (χ1v) is 10.3. The maximum absolute atomic E-state index is 14.2. The Bertz CT molecular complexity index is 1200. The van der Waals surface area contributed by atoms with Gasteiger partial charge in [0.05, 0.1) is 6.54 Å². The fraction of sp³-hybridized carbons (Fsp3) is 0.250. The van der Waals surface area contributed by atoms with Crippen molar-refractivity contribution in [2.45, 2.75) is 18.4 Å². The molecule has 0 radical (unpaired) electrons. The molecule has 1 aromatic carbocycles. The molecule has 0 spiro atoms. The molecule has 0 saturated carbocycles. The molecule has 6 nitrogen and oxygen atoms in total. The minimum absolute atomic E-state index is 0.0194. The lowest BCUT2D eigenvalue weighted by Gasteiger charge is -2.12. The van der Waals surface area contributed by atoms with Crippen LogP contribution in [0.2, 0.25) is 0 Å². The van der Waals surface area contributed by atoms with Crippen molar-refractivity contribution in [1.29, 1.82) is 0 Å². The van der Waals surface area contributed by atoms with Crippen molar-refractivity contribution >= 4 is 20.9 Å². The first kappa shape index (κ1) is 21.1. The molecule has 0 unspecified atom stereocenters. The van der Waals surface area contributed by atoms with E-state index in [1.54, 1.807) is 17.6 Å². The van der Waals surface area contributed by atoms with E-state index in [1.807, 2.05) is 0 Å². The fourth-order valence-electron chi connectivity index (χ4n) is 3.27. The summed E-state index contributed by atoms with van der Waals surface area (Å²) < 4.78 is 56.0. The van der Waals surface area contributed by atoms with E-state index in [1.165, 1.54) is 50.8 Å². The Morgan fingerprint density at radius 1 is 1.28 bits per heavy atom. The highest BCUT2D eigenvalue weighted by Gasteiger charge is 2.21. The summed E-state index contributed by atoms with van der Waals surface area (Å²) in [6.45, 7) is 1.78. The van der Waals surface area contributed by atoms with Crippen molar-refractivity contribution in [2.24, 2.45) is 5.73 Å². The number of nitrogens with zero attached hydrogens (tertiary/aromatic N) is 3. The minimum atomic E-state index is -3.69. The van der Waals surface area contributed by atoms with Crippen molar-refractivity contribution in [3.05, 3.63) is 60.1 Å². The predicted octanol–water partition coefficient (Wildman–Crippen LogP) is 3.21. The summed E-state index contributed by atoms with van der Waals surface area (Å²) in [5.74, 6) is -0.857. The van der Waals surface area contributed by atoms with Crippen LogP contribution in [0, 0.1) is 12.7 Å². The van der Waals surface area contributed by atoms with Crippen molar-refractivity contribution < 1.29 is 17.2 Å². The Labute approximate surface area is 168 Å². The number of sulfonamides is 1. The first-order chi connectivity index (χ1) is 13.7. The average molecular weight is 420 g/mol. The van der Waals surface area contributed by atoms with Crippen molar-refractivity contribution in [1.82, 2.24) is 13.9 Å². The van der Waals surface area contributed by atoms with Gasteiger partial charge in [-0.2, -0.15) is 0 Å². The maximum Gasteiger partial charge on any atom is 0.244 e. The Hall–Kier alpha value is -2.62. The third-order valence-electron chi connectivity index (χ3n) is 4.71. The summed E-state index contributed by atoms with van der Waals surface area (Å²) in [7, 11) is -0.831. The molecule has 3 rings (SSSR count). The molecule has 0 aliphatic heterocycles. The van der Waals surface area contributed by atoms with Gasteiger partial charge in [0.15, 0.2) is 0 Å². The van der Waals surface area contributed by atoms with E-state index in [-0.39, 0.29) is 18.0 Å². The Kier molecular flexibility index (Phi) is 5.83. The molecule has 9 heteroatoms. The van der Waals surface area contributed by atoms with Crippen LogP contribution < -0.4 is 5.73 Å². The summed E-state index contributed by atoms with van der Waals surface area (Å²) in [5, 5.41) is 0.546. The smallest absolute Gasteiger partial charge is 0.244 e. The van der Waals surface area contributed by atoms with E-state index in [0.29, 0.717) is 27.7 Å². The number of fused-ring (bicyclic) bond motifs is 1. The van der Waals surface area contributed by atoms with E-state index in [9.17, 15) is 17.2 Å². The van der Waals surface area contributed by atoms with E-state index in [4.69, 9.17) is 5.73 Å². The number of hydrogen-bond donors (Lipinski definition) is 1. The standard InChI is InChI=1S/C20H22F2N4O2S/c1-13-20(14-8-17(11-24-10-14)29(27,28)25(2)3)18-9-15(21)4-5-19(18)26(13)12-16(22)6-7-23/h4-6,8-11H,7,12,23H2,1-3H3/b16-6-. The number of aromatic nitrogens is 2. The predicted molar refractivity (Wildman–Crippen MR) is 109 cm³/mol. The number of rotatable bonds is 6. The van der Waals surface area contributed by atoms with Crippen LogP contribution in [0.15, 0.2) is 53.5 Å². The van der Waals surface area contributed by atoms with Gasteiger partial charge in [-0.15, -0.1) is 0 Å². The SMILES string of the molecule is Cc1c(-c2cncc(S(=O)(=O)N(C)C)c2)c2cc(F)ccc2n1C/C(F)=C/CN. The zero-order chi connectivity index (χ0) is 21.3. The fourth-order valence-corrected chi connectivity index (χ4v) is 4.17. The van der Waals surface area contributed by atoms with Crippen LogP contribution in [0.5, 0.6) is 0 Å².